The van der Waals surface area contributed by atoms with Gasteiger partial charge in [-0.05, 0) is 18.8 Å². The highest BCUT2D eigenvalue weighted by Gasteiger charge is 2.26. The van der Waals surface area contributed by atoms with Crippen molar-refractivity contribution in [2.45, 2.75) is 12.8 Å². The van der Waals surface area contributed by atoms with Crippen LogP contribution in [0.1, 0.15) is 12.8 Å². The number of nitrogens with zero attached hydrogens (tertiary/aromatic N) is 1. The molecule has 2 heterocycles. The van der Waals surface area contributed by atoms with Crippen LogP contribution in [-0.4, -0.2) is 55.7 Å². The maximum absolute atomic E-state index is 11.4. The summed E-state index contributed by atoms with van der Waals surface area (Å²) in [5.41, 5.74) is -0.0257. The molecule has 0 saturated carbocycles. The number of piperidine rings is 1. The number of carboxylic acid groups (broad SMARTS) is 1. The van der Waals surface area contributed by atoms with E-state index in [4.69, 9.17) is 14.6 Å². The lowest BCUT2D eigenvalue weighted by molar-refractivity contribution is -0.135. The van der Waals surface area contributed by atoms with E-state index in [0.29, 0.717) is 25.9 Å². The fourth-order valence-corrected chi connectivity index (χ4v) is 3.21. The Hall–Kier alpha value is -2.09. The van der Waals surface area contributed by atoms with Gasteiger partial charge in [0.2, 0.25) is 15.8 Å². The summed E-state index contributed by atoms with van der Waals surface area (Å²) in [6.07, 6.45) is 4.60. The molecule has 0 amide bonds. The summed E-state index contributed by atoms with van der Waals surface area (Å²) in [4.78, 5) is 21.7. The van der Waals surface area contributed by atoms with Gasteiger partial charge in [0, 0.05) is 19.2 Å². The van der Waals surface area contributed by atoms with Crippen LogP contribution in [0, 0.1) is 5.92 Å². The minimum Gasteiger partial charge on any atom is -0.489 e. The molecule has 1 N–H and O–H groups in total. The SMILES string of the molecule is CS(=O)(=O)N1CCC(COC2=COC(C(=O)O)=CC2=C=O)CC1. The van der Waals surface area contributed by atoms with Crippen molar-refractivity contribution in [3.05, 3.63) is 29.4 Å². The van der Waals surface area contributed by atoms with Crippen LogP contribution >= 0.6 is 0 Å². The molecule has 2 aliphatic heterocycles. The van der Waals surface area contributed by atoms with E-state index in [2.05, 4.69) is 0 Å². The lowest BCUT2D eigenvalue weighted by Crippen LogP contribution is -2.38. The Morgan fingerprint density at radius 2 is 2.13 bits per heavy atom. The number of allylic oxidation sites excluding steroid dienone is 1. The molecule has 23 heavy (non-hydrogen) atoms. The standard InChI is InChI=1S/C14H17NO7S/c1-23(19,20)15-4-2-10(3-5-15)8-21-13-9-22-12(14(17)18)6-11(13)7-16/h6,9-10H,2-5,8H2,1H3,(H,17,18). The van der Waals surface area contributed by atoms with Crippen LogP contribution < -0.4 is 0 Å². The molecule has 0 unspecified atom stereocenters. The van der Waals surface area contributed by atoms with E-state index in [1.165, 1.54) is 10.6 Å². The molecular weight excluding hydrogens is 326 g/mol. The minimum atomic E-state index is -3.17. The molecule has 0 aliphatic carbocycles. The monoisotopic (exact) mass is 343 g/mol. The zero-order chi connectivity index (χ0) is 17.0. The van der Waals surface area contributed by atoms with Gasteiger partial charge in [-0.2, -0.15) is 0 Å². The third kappa shape index (κ3) is 4.44. The third-order valence-electron chi connectivity index (χ3n) is 3.67. The summed E-state index contributed by atoms with van der Waals surface area (Å²) in [5, 5.41) is 8.80. The van der Waals surface area contributed by atoms with Crippen LogP contribution in [0.2, 0.25) is 0 Å². The number of hydrogen-bond acceptors (Lipinski definition) is 6. The van der Waals surface area contributed by atoms with Gasteiger partial charge in [-0.1, -0.05) is 0 Å². The average Bonchev–Trinajstić information content (AvgIpc) is 2.52. The second-order valence-electron chi connectivity index (χ2n) is 5.35. The number of sulfonamides is 1. The van der Waals surface area contributed by atoms with Gasteiger partial charge in [0.05, 0.1) is 12.9 Å². The Labute approximate surface area is 133 Å². The Bertz CT molecular complexity index is 693. The second-order valence-corrected chi connectivity index (χ2v) is 7.33. The molecule has 0 spiro atoms. The predicted octanol–water partition coefficient (Wildman–Crippen LogP) is 0.273. The zero-order valence-electron chi connectivity index (χ0n) is 12.5. The Morgan fingerprint density at radius 1 is 1.48 bits per heavy atom. The highest BCUT2D eigenvalue weighted by Crippen LogP contribution is 2.24. The van der Waals surface area contributed by atoms with Gasteiger partial charge >= 0.3 is 5.97 Å². The number of hydrogen-bond donors (Lipinski definition) is 1. The lowest BCUT2D eigenvalue weighted by Gasteiger charge is -2.30. The summed E-state index contributed by atoms with van der Waals surface area (Å²) in [6.45, 7) is 1.15. The van der Waals surface area contributed by atoms with Gasteiger partial charge in [0.15, 0.2) is 5.76 Å². The molecule has 2 aliphatic rings. The van der Waals surface area contributed by atoms with Crippen molar-refractivity contribution in [2.24, 2.45) is 5.92 Å². The fourth-order valence-electron chi connectivity index (χ4n) is 2.34. The van der Waals surface area contributed by atoms with Crippen LogP contribution in [-0.2, 0) is 29.1 Å². The number of aliphatic carboxylic acids is 1. The van der Waals surface area contributed by atoms with Crippen molar-refractivity contribution in [2.75, 3.05) is 26.0 Å². The first-order valence-electron chi connectivity index (χ1n) is 6.96. The van der Waals surface area contributed by atoms with Gasteiger partial charge in [-0.15, -0.1) is 0 Å². The Morgan fingerprint density at radius 3 is 2.65 bits per heavy atom. The average molecular weight is 343 g/mol. The van der Waals surface area contributed by atoms with Gasteiger partial charge in [0.25, 0.3) is 0 Å². The summed E-state index contributed by atoms with van der Waals surface area (Å²) in [5.74, 6) is 0.217. The smallest absolute Gasteiger partial charge is 0.371 e. The minimum absolute atomic E-state index is 0.0257. The number of carbonyl (C=O) groups is 1. The van der Waals surface area contributed by atoms with Crippen molar-refractivity contribution in [1.82, 2.24) is 4.31 Å². The van der Waals surface area contributed by atoms with Crippen molar-refractivity contribution in [1.29, 1.82) is 0 Å². The van der Waals surface area contributed by atoms with Crippen LogP contribution in [0.15, 0.2) is 29.4 Å². The predicted molar refractivity (Wildman–Crippen MR) is 79.2 cm³/mol. The van der Waals surface area contributed by atoms with E-state index in [-0.39, 0.29) is 29.6 Å². The molecule has 0 aromatic carbocycles. The van der Waals surface area contributed by atoms with Crippen LogP contribution in [0.25, 0.3) is 0 Å². The van der Waals surface area contributed by atoms with Gasteiger partial charge in [-0.3, -0.25) is 0 Å². The quantitative estimate of drug-likeness (QED) is 0.714. The Kier molecular flexibility index (Phi) is 5.25. The second kappa shape index (κ2) is 6.99. The molecule has 0 atom stereocenters. The molecule has 9 heteroatoms. The summed E-state index contributed by atoms with van der Waals surface area (Å²) in [7, 11) is -3.17. The normalized spacial score (nSPS) is 20.1. The molecule has 1 fully saturated rings. The maximum Gasteiger partial charge on any atom is 0.371 e. The number of carbonyl (C=O) groups excluding carboxylic acids is 1. The summed E-state index contributed by atoms with van der Waals surface area (Å²) < 4.78 is 34.7. The van der Waals surface area contributed by atoms with Gasteiger partial charge < -0.3 is 14.6 Å². The first-order chi connectivity index (χ1) is 10.8. The van der Waals surface area contributed by atoms with Crippen molar-refractivity contribution < 1.29 is 32.6 Å². The maximum atomic E-state index is 11.4. The molecule has 0 aromatic rings. The molecule has 0 aromatic heterocycles. The molecule has 0 bridgehead atoms. The third-order valence-corrected chi connectivity index (χ3v) is 4.97. The highest BCUT2D eigenvalue weighted by atomic mass is 32.2. The summed E-state index contributed by atoms with van der Waals surface area (Å²) in [6, 6.07) is 0. The van der Waals surface area contributed by atoms with Crippen LogP contribution in [0.4, 0.5) is 0 Å². The first-order valence-corrected chi connectivity index (χ1v) is 8.81. The molecule has 8 nitrogen and oxygen atoms in total. The van der Waals surface area contributed by atoms with Crippen molar-refractivity contribution >= 4 is 21.9 Å². The molecule has 1 saturated heterocycles. The molecule has 126 valence electrons. The van der Waals surface area contributed by atoms with Crippen molar-refractivity contribution in [3.8, 4) is 0 Å². The molecule has 0 radical (unpaired) electrons. The number of carboxylic acids is 1. The van der Waals surface area contributed by atoms with Gasteiger partial charge in [0.1, 0.15) is 17.8 Å². The van der Waals surface area contributed by atoms with Gasteiger partial charge in [-0.25, -0.2) is 22.3 Å². The van der Waals surface area contributed by atoms with E-state index in [0.717, 1.165) is 12.3 Å². The molecular formula is C14H17NO7S. The van der Waals surface area contributed by atoms with E-state index >= 15 is 0 Å². The van der Waals surface area contributed by atoms with E-state index < -0.39 is 16.0 Å². The van der Waals surface area contributed by atoms with E-state index in [1.54, 1.807) is 5.94 Å². The molecule has 2 rings (SSSR count). The topological polar surface area (TPSA) is 110 Å². The van der Waals surface area contributed by atoms with E-state index in [1.807, 2.05) is 0 Å². The zero-order valence-corrected chi connectivity index (χ0v) is 13.3. The van der Waals surface area contributed by atoms with Crippen LogP contribution in [0.5, 0.6) is 0 Å². The highest BCUT2D eigenvalue weighted by molar-refractivity contribution is 7.88. The Balaban J connectivity index is 1.88. The fraction of sp³-hybridized carbons (Fsp3) is 0.500. The summed E-state index contributed by atoms with van der Waals surface area (Å²) >= 11 is 0. The number of rotatable bonds is 5. The van der Waals surface area contributed by atoms with E-state index in [9.17, 15) is 18.0 Å². The van der Waals surface area contributed by atoms with Crippen molar-refractivity contribution in [3.63, 3.8) is 0 Å². The lowest BCUT2D eigenvalue weighted by atomic mass is 9.99. The first kappa shape index (κ1) is 17.3. The van der Waals surface area contributed by atoms with Crippen LogP contribution in [0.3, 0.4) is 0 Å². The number of ether oxygens (including phenoxy) is 2. The largest absolute Gasteiger partial charge is 0.489 e.